The van der Waals surface area contributed by atoms with Crippen molar-refractivity contribution in [1.82, 2.24) is 14.3 Å². The maximum Gasteiger partial charge on any atom is 0.223 e. The topological polar surface area (TPSA) is 101 Å². The molecule has 3 N–H and O–H groups in total. The smallest absolute Gasteiger partial charge is 0.223 e. The van der Waals surface area contributed by atoms with Crippen LogP contribution in [-0.2, 0) is 10.0 Å². The molecule has 0 spiro atoms. The fourth-order valence-corrected chi connectivity index (χ4v) is 1.89. The summed E-state index contributed by atoms with van der Waals surface area (Å²) in [6.45, 7) is 0.210. The van der Waals surface area contributed by atoms with E-state index in [0.29, 0.717) is 11.6 Å². The second kappa shape index (κ2) is 6.03. The first-order chi connectivity index (χ1) is 8.33. The van der Waals surface area contributed by atoms with Crippen molar-refractivity contribution in [3.05, 3.63) is 18.0 Å². The van der Waals surface area contributed by atoms with Crippen molar-refractivity contribution in [2.24, 2.45) is 5.73 Å². The molecule has 18 heavy (non-hydrogen) atoms. The third-order valence-electron chi connectivity index (χ3n) is 2.11. The third kappa shape index (κ3) is 4.17. The number of aromatic nitrogens is 2. The van der Waals surface area contributed by atoms with Crippen LogP contribution in [0.4, 0.5) is 5.95 Å². The molecule has 0 atom stereocenters. The molecule has 0 unspecified atom stereocenters. The van der Waals surface area contributed by atoms with Crippen molar-refractivity contribution in [2.45, 2.75) is 0 Å². The maximum absolute atomic E-state index is 11.5. The second-order valence-corrected chi connectivity index (χ2v) is 6.40. The van der Waals surface area contributed by atoms with E-state index < -0.39 is 10.0 Å². The highest BCUT2D eigenvalue weighted by Gasteiger charge is 2.12. The molecule has 0 aromatic carbocycles. The number of anilines is 1. The first kappa shape index (κ1) is 14.7. The van der Waals surface area contributed by atoms with Crippen LogP contribution in [0.5, 0.6) is 0 Å². The van der Waals surface area contributed by atoms with Gasteiger partial charge in [-0.1, -0.05) is 12.2 Å². The van der Waals surface area contributed by atoms with Crippen LogP contribution >= 0.6 is 12.2 Å². The number of nitrogens with zero attached hydrogens (tertiary/aromatic N) is 3. The highest BCUT2D eigenvalue weighted by molar-refractivity contribution is 7.89. The van der Waals surface area contributed by atoms with Gasteiger partial charge in [0.2, 0.25) is 16.0 Å². The van der Waals surface area contributed by atoms with Gasteiger partial charge in [-0.3, -0.25) is 0 Å². The van der Waals surface area contributed by atoms with Crippen molar-refractivity contribution >= 4 is 33.2 Å². The van der Waals surface area contributed by atoms with Crippen LogP contribution in [0.25, 0.3) is 0 Å². The van der Waals surface area contributed by atoms with Crippen molar-refractivity contribution in [3.8, 4) is 0 Å². The maximum atomic E-state index is 11.5. The Labute approximate surface area is 111 Å². The minimum atomic E-state index is -3.23. The zero-order chi connectivity index (χ0) is 13.8. The molecule has 1 heterocycles. The molecule has 0 radical (unpaired) electrons. The summed E-state index contributed by atoms with van der Waals surface area (Å²) >= 11 is 4.78. The van der Waals surface area contributed by atoms with E-state index in [1.807, 2.05) is 0 Å². The fourth-order valence-electron chi connectivity index (χ4n) is 1.06. The Kier molecular flexibility index (Phi) is 4.93. The fraction of sp³-hybridized carbons (Fsp3) is 0.444. The first-order valence-electron chi connectivity index (χ1n) is 5.10. The molecule has 100 valence electrons. The largest absolute Gasteiger partial charge is 0.388 e. The molecule has 0 aliphatic heterocycles. The van der Waals surface area contributed by atoms with E-state index in [1.54, 1.807) is 6.07 Å². The quantitative estimate of drug-likeness (QED) is 0.675. The summed E-state index contributed by atoms with van der Waals surface area (Å²) in [6, 6.07) is 1.59. The van der Waals surface area contributed by atoms with Crippen molar-refractivity contribution in [1.29, 1.82) is 0 Å². The minimum absolute atomic E-state index is 0.0410. The number of hydrogen-bond donors (Lipinski definition) is 2. The van der Waals surface area contributed by atoms with Gasteiger partial charge in [0, 0.05) is 26.8 Å². The van der Waals surface area contributed by atoms with Gasteiger partial charge in [-0.05, 0) is 6.07 Å². The molecule has 1 aromatic heterocycles. The van der Waals surface area contributed by atoms with Gasteiger partial charge in [0.15, 0.2) is 0 Å². The van der Waals surface area contributed by atoms with Crippen LogP contribution in [0.15, 0.2) is 12.3 Å². The summed E-state index contributed by atoms with van der Waals surface area (Å²) in [5.41, 5.74) is 5.87. The van der Waals surface area contributed by atoms with E-state index in [2.05, 4.69) is 15.3 Å². The normalized spacial score (nSPS) is 11.5. The Morgan fingerprint density at radius 2 is 2.22 bits per heavy atom. The molecular weight excluding hydrogens is 274 g/mol. The predicted molar refractivity (Wildman–Crippen MR) is 73.9 cm³/mol. The lowest BCUT2D eigenvalue weighted by molar-refractivity contribution is 0.521. The standard InChI is InChI=1S/C9H15N5O2S2/c1-14(2)18(15,16)6-5-12-9-11-4-3-7(13-9)8(10)17/h3-4H,5-6H2,1-2H3,(H2,10,17)(H,11,12,13). The molecule has 0 fully saturated rings. The summed E-state index contributed by atoms with van der Waals surface area (Å²) in [7, 11) is -0.259. The molecule has 0 amide bonds. The lowest BCUT2D eigenvalue weighted by Crippen LogP contribution is -2.28. The van der Waals surface area contributed by atoms with Crippen LogP contribution in [0, 0.1) is 0 Å². The summed E-state index contributed by atoms with van der Waals surface area (Å²) in [6.07, 6.45) is 1.50. The molecule has 0 aliphatic rings. The number of nitrogens with one attached hydrogen (secondary N) is 1. The Hall–Kier alpha value is -1.32. The highest BCUT2D eigenvalue weighted by Crippen LogP contribution is 2.01. The van der Waals surface area contributed by atoms with Gasteiger partial charge in [0.25, 0.3) is 0 Å². The SMILES string of the molecule is CN(C)S(=O)(=O)CCNc1nccc(C(N)=S)n1. The van der Waals surface area contributed by atoms with Crippen LogP contribution in [0.3, 0.4) is 0 Å². The van der Waals surface area contributed by atoms with Gasteiger partial charge in [-0.15, -0.1) is 0 Å². The average molecular weight is 289 g/mol. The van der Waals surface area contributed by atoms with Gasteiger partial charge in [0.05, 0.1) is 5.75 Å². The monoisotopic (exact) mass is 289 g/mol. The average Bonchev–Trinajstić information content (AvgIpc) is 2.29. The summed E-state index contributed by atoms with van der Waals surface area (Å²) in [4.78, 5) is 8.15. The molecule has 7 nitrogen and oxygen atoms in total. The predicted octanol–water partition coefficient (Wildman–Crippen LogP) is -0.586. The molecule has 9 heteroatoms. The van der Waals surface area contributed by atoms with E-state index in [1.165, 1.54) is 24.6 Å². The van der Waals surface area contributed by atoms with Gasteiger partial charge >= 0.3 is 0 Å². The van der Waals surface area contributed by atoms with Gasteiger partial charge in [-0.25, -0.2) is 22.7 Å². The zero-order valence-corrected chi connectivity index (χ0v) is 11.8. The zero-order valence-electron chi connectivity index (χ0n) is 10.1. The Bertz CT molecular complexity index is 530. The number of rotatable bonds is 6. The minimum Gasteiger partial charge on any atom is -0.388 e. The van der Waals surface area contributed by atoms with Crippen LogP contribution < -0.4 is 11.1 Å². The summed E-state index contributed by atoms with van der Waals surface area (Å²) < 4.78 is 24.2. The third-order valence-corrected chi connectivity index (χ3v) is 4.15. The molecular formula is C9H15N5O2S2. The highest BCUT2D eigenvalue weighted by atomic mass is 32.2. The second-order valence-electron chi connectivity index (χ2n) is 3.65. The Morgan fingerprint density at radius 1 is 1.56 bits per heavy atom. The van der Waals surface area contributed by atoms with Gasteiger partial charge in [-0.2, -0.15) is 0 Å². The van der Waals surface area contributed by atoms with Crippen molar-refractivity contribution in [3.63, 3.8) is 0 Å². The lowest BCUT2D eigenvalue weighted by Gasteiger charge is -2.11. The number of sulfonamides is 1. The van der Waals surface area contributed by atoms with E-state index in [-0.39, 0.29) is 17.3 Å². The van der Waals surface area contributed by atoms with Crippen molar-refractivity contribution < 1.29 is 8.42 Å². The van der Waals surface area contributed by atoms with E-state index in [4.69, 9.17) is 18.0 Å². The van der Waals surface area contributed by atoms with E-state index >= 15 is 0 Å². The molecule has 0 saturated heterocycles. The van der Waals surface area contributed by atoms with Gasteiger partial charge < -0.3 is 11.1 Å². The molecule has 0 aliphatic carbocycles. The molecule has 1 aromatic rings. The summed E-state index contributed by atoms with van der Waals surface area (Å²) in [5.74, 6) is 0.259. The summed E-state index contributed by atoms with van der Waals surface area (Å²) in [5, 5.41) is 2.81. The Balaban J connectivity index is 2.60. The molecule has 0 saturated carbocycles. The number of hydrogen-bond acceptors (Lipinski definition) is 6. The molecule has 1 rings (SSSR count). The van der Waals surface area contributed by atoms with Gasteiger partial charge in [0.1, 0.15) is 10.7 Å². The lowest BCUT2D eigenvalue weighted by atomic mass is 10.4. The van der Waals surface area contributed by atoms with Crippen molar-refractivity contribution in [2.75, 3.05) is 31.7 Å². The first-order valence-corrected chi connectivity index (χ1v) is 7.11. The van der Waals surface area contributed by atoms with E-state index in [9.17, 15) is 8.42 Å². The Morgan fingerprint density at radius 3 is 2.78 bits per heavy atom. The van der Waals surface area contributed by atoms with Crippen LogP contribution in [-0.4, -0.2) is 54.1 Å². The van der Waals surface area contributed by atoms with Crippen LogP contribution in [0.2, 0.25) is 0 Å². The van der Waals surface area contributed by atoms with Crippen LogP contribution in [0.1, 0.15) is 5.69 Å². The number of thiocarbonyl (C=S) groups is 1. The van der Waals surface area contributed by atoms with E-state index in [0.717, 1.165) is 0 Å². The number of nitrogens with two attached hydrogens (primary N) is 1. The molecule has 0 bridgehead atoms.